The van der Waals surface area contributed by atoms with Crippen molar-refractivity contribution >= 4 is 81.7 Å². The third-order valence-electron chi connectivity index (χ3n) is 4.47. The topological polar surface area (TPSA) is 52.3 Å². The summed E-state index contributed by atoms with van der Waals surface area (Å²) in [5.74, 6) is -0.351. The number of nitrogens with two attached hydrogens (primary N) is 1. The minimum atomic E-state index is -2.25. The molecule has 3 nitrogen and oxygen atoms in total. The summed E-state index contributed by atoms with van der Waals surface area (Å²) in [6.07, 6.45) is 0. The van der Waals surface area contributed by atoms with Crippen LogP contribution in [0.5, 0.6) is 0 Å². The summed E-state index contributed by atoms with van der Waals surface area (Å²) in [5.41, 5.74) is 4.85. The molecule has 0 saturated heterocycles. The van der Waals surface area contributed by atoms with E-state index < -0.39 is 6.98 Å². The highest BCUT2D eigenvalue weighted by Crippen LogP contribution is 2.13. The van der Waals surface area contributed by atoms with Gasteiger partial charge in [-0.2, -0.15) is 0 Å². The van der Waals surface area contributed by atoms with E-state index >= 15 is 0 Å². The maximum Gasteiger partial charge on any atom is 0.338 e. The Morgan fingerprint density at radius 1 is 0.521 bits per heavy atom. The Bertz CT molecular complexity index is 2100. The fourth-order valence-electron chi connectivity index (χ4n) is 2.45. The van der Waals surface area contributed by atoms with E-state index in [0.29, 0.717) is 38.4 Å². The van der Waals surface area contributed by atoms with Gasteiger partial charge in [0.15, 0.2) is 0 Å². The van der Waals surface area contributed by atoms with Crippen molar-refractivity contribution in [2.24, 2.45) is 5.73 Å². The summed E-state index contributed by atoms with van der Waals surface area (Å²) in [5, 5.41) is 0. The molecule has 0 radical (unpaired) electrons. The molecule has 0 saturated carbocycles. The van der Waals surface area contributed by atoms with Crippen molar-refractivity contribution in [1.29, 1.82) is 0 Å². The Morgan fingerprint density at radius 3 is 1.42 bits per heavy atom. The highest BCUT2D eigenvalue weighted by atomic mass is 32.1. The lowest BCUT2D eigenvalue weighted by Gasteiger charge is -2.00. The number of rotatable bonds is 1. The quantitative estimate of drug-likeness (QED) is 0.0674. The number of ether oxygens (including phenoxy) is 1. The van der Waals surface area contributed by atoms with Crippen molar-refractivity contribution in [2.75, 3.05) is 14.1 Å². The largest absolute Gasteiger partial charge is 0.465 e. The van der Waals surface area contributed by atoms with Gasteiger partial charge in [0.25, 0.3) is 0 Å². The molecular weight excluding hydrogens is 707 g/mol. The van der Waals surface area contributed by atoms with Gasteiger partial charge in [-0.25, -0.2) is 4.79 Å². The zero-order chi connectivity index (χ0) is 47.9. The maximum absolute atomic E-state index is 11.0. The first-order valence-corrected chi connectivity index (χ1v) is 15.8. The number of hydrogen-bond acceptors (Lipinski definition) is 9. The molecule has 6 aromatic rings. The second kappa shape index (κ2) is 31.1. The van der Waals surface area contributed by atoms with Crippen LogP contribution in [-0.2, 0) is 4.74 Å². The lowest BCUT2D eigenvalue weighted by molar-refractivity contribution is 0.0597. The summed E-state index contributed by atoms with van der Waals surface area (Å²) < 4.78 is 101. The predicted molar refractivity (Wildman–Crippen MR) is 224 cm³/mol. The first kappa shape index (κ1) is 25.8. The van der Waals surface area contributed by atoms with Crippen LogP contribution in [-0.4, -0.2) is 20.1 Å². The Labute approximate surface area is 339 Å². The normalized spacial score (nSPS) is 13.0. The molecule has 0 aliphatic carbocycles. The lowest BCUT2D eigenvalue weighted by atomic mass is 10.2. The monoisotopic (exact) mass is 763 g/mol. The number of esters is 1. The van der Waals surface area contributed by atoms with Crippen LogP contribution in [0, 0.1) is 0 Å². The molecule has 0 amide bonds. The number of hydrogen-bond donors (Lipinski definition) is 7. The van der Waals surface area contributed by atoms with Crippen molar-refractivity contribution in [3.05, 3.63) is 181 Å². The summed E-state index contributed by atoms with van der Waals surface area (Å²) in [6, 6.07) is 31.3. The zero-order valence-electron chi connectivity index (χ0n) is 39.5. The van der Waals surface area contributed by atoms with Gasteiger partial charge in [0.1, 0.15) is 0 Å². The van der Waals surface area contributed by atoms with Crippen LogP contribution in [0.4, 0.5) is 0 Å². The Kier molecular flexibility index (Phi) is 16.7. The smallest absolute Gasteiger partial charge is 0.338 e. The van der Waals surface area contributed by atoms with Gasteiger partial charge in [-0.1, -0.05) is 103 Å². The fraction of sp³-hybridized carbons (Fsp3) is 0.0513. The Hall–Kier alpha value is -3.15. The summed E-state index contributed by atoms with van der Waals surface area (Å²) >= 11 is 23.9. The van der Waals surface area contributed by atoms with E-state index in [9.17, 15) is 4.79 Å². The molecule has 0 atom stereocenters. The summed E-state index contributed by atoms with van der Waals surface area (Å²) in [4.78, 5) is 14.5. The summed E-state index contributed by atoms with van der Waals surface area (Å²) in [7, 11) is 1.35. The van der Waals surface area contributed by atoms with Gasteiger partial charge < -0.3 is 10.5 Å². The van der Waals surface area contributed by atoms with Gasteiger partial charge in [0.2, 0.25) is 0 Å². The molecule has 0 aromatic heterocycles. The Balaban J connectivity index is 0.000000710. The minimum Gasteiger partial charge on any atom is -0.465 e. The fourth-order valence-corrected chi connectivity index (χ4v) is 3.42. The molecule has 6 aromatic carbocycles. The number of thiol groups is 6. The molecule has 0 unspecified atom stereocenters. The van der Waals surface area contributed by atoms with Gasteiger partial charge in [-0.15, -0.1) is 75.8 Å². The number of carbonyl (C=O) groups excluding carboxylic acids is 1. The Morgan fingerprint density at radius 2 is 0.958 bits per heavy atom. The highest BCUT2D eigenvalue weighted by Gasteiger charge is 2.06. The molecular formula is C39H43NO2S6. The first-order chi connectivity index (χ1) is 28.7. The maximum atomic E-state index is 11.0. The highest BCUT2D eigenvalue weighted by molar-refractivity contribution is 7.81. The van der Waals surface area contributed by atoms with Crippen molar-refractivity contribution in [3.63, 3.8) is 0 Å². The van der Waals surface area contributed by atoms with Gasteiger partial charge >= 0.3 is 5.97 Å². The zero-order valence-corrected chi connectivity index (χ0v) is 30.8. The average molecular weight is 764 g/mol. The SMILES string of the molecule is COC(=O)c1ccccc1S.Sc1ccccc1.[2H]C([2H])([2H])N.[2H]c1c([2H])c([2H])c(S)c([2H])c1[2H].[2H]c1cc([2H])c(S)c([2H])c1.[2H]c1cc([2H])cc(S)c1.[2H]c1ccc(S)cc1. The number of carbonyl (C=O) groups is 1. The standard InChI is InChI=1S/C8H8O2S.5C6H6S.CH5N/c1-10-8(9)6-4-2-3-5-7(6)11;5*7-6-4-2-1-3-5-6;1-2/h2-5,11H,1H3;5*1-5,7H;2H2,1H3/i;1D,2D,3D,4D,5D;1D,4D,5D;2D,3D;1D;;1D3. The summed E-state index contributed by atoms with van der Waals surface area (Å²) in [6.45, 7) is -2.25. The predicted octanol–water partition coefficient (Wildman–Crippen LogP) is 11.2. The lowest BCUT2D eigenvalue weighted by Crippen LogP contribution is -2.01. The van der Waals surface area contributed by atoms with Gasteiger partial charge in [-0.3, -0.25) is 0 Å². The molecule has 0 heterocycles. The van der Waals surface area contributed by atoms with Crippen LogP contribution < -0.4 is 5.73 Å². The molecule has 48 heavy (non-hydrogen) atoms. The molecule has 0 aliphatic heterocycles. The van der Waals surface area contributed by atoms with Gasteiger partial charge in [0, 0.05) is 33.5 Å². The molecule has 9 heteroatoms. The number of benzene rings is 6. The van der Waals surface area contributed by atoms with Crippen LogP contribution in [0.3, 0.4) is 0 Å². The average Bonchev–Trinajstić information content (AvgIpc) is 3.19. The molecule has 6 rings (SSSR count). The van der Waals surface area contributed by atoms with Crippen LogP contribution in [0.25, 0.3) is 0 Å². The van der Waals surface area contributed by atoms with Crippen molar-refractivity contribution in [3.8, 4) is 0 Å². The third-order valence-corrected chi connectivity index (χ3v) is 6.19. The van der Waals surface area contributed by atoms with E-state index in [1.165, 1.54) is 25.3 Å². The van der Waals surface area contributed by atoms with Crippen LogP contribution in [0.1, 0.15) is 29.5 Å². The van der Waals surface area contributed by atoms with Crippen LogP contribution in [0.15, 0.2) is 205 Å². The van der Waals surface area contributed by atoms with Crippen molar-refractivity contribution in [1.82, 2.24) is 0 Å². The van der Waals surface area contributed by atoms with E-state index in [2.05, 4.69) is 86.2 Å². The van der Waals surface area contributed by atoms with E-state index in [4.69, 9.17) is 19.2 Å². The van der Waals surface area contributed by atoms with Crippen LogP contribution >= 0.6 is 75.8 Å². The third kappa shape index (κ3) is 25.9. The second-order valence-corrected chi connectivity index (χ2v) is 10.8. The van der Waals surface area contributed by atoms with Crippen molar-refractivity contribution < 1.29 is 28.7 Å². The van der Waals surface area contributed by atoms with E-state index in [0.717, 1.165) is 9.79 Å². The van der Waals surface area contributed by atoms with Gasteiger partial charge in [-0.05, 0) is 79.7 Å². The second-order valence-electron chi connectivity index (χ2n) is 7.86. The van der Waals surface area contributed by atoms with Gasteiger partial charge in [0.05, 0.1) is 27.8 Å². The minimum absolute atomic E-state index is 0.0130. The van der Waals surface area contributed by atoms with E-state index in [-0.39, 0.29) is 59.2 Å². The number of methoxy groups -OCH3 is 1. The molecule has 0 fully saturated rings. The molecule has 0 bridgehead atoms. The molecule has 252 valence electrons. The van der Waals surface area contributed by atoms with E-state index in [1.807, 2.05) is 36.4 Å². The van der Waals surface area contributed by atoms with E-state index in [1.54, 1.807) is 54.6 Å². The molecule has 2 N–H and O–H groups in total. The van der Waals surface area contributed by atoms with Crippen LogP contribution in [0.2, 0.25) is 0 Å². The first-order valence-electron chi connectivity index (χ1n) is 20.1. The molecule has 0 spiro atoms. The van der Waals surface area contributed by atoms with Crippen molar-refractivity contribution in [2.45, 2.75) is 29.4 Å². The molecule has 0 aliphatic rings.